The summed E-state index contributed by atoms with van der Waals surface area (Å²) in [5.74, 6) is 0.971. The Balaban J connectivity index is 0.000001000. The molecule has 3 saturated heterocycles. The summed E-state index contributed by atoms with van der Waals surface area (Å²) >= 11 is 0. The van der Waals surface area contributed by atoms with Crippen molar-refractivity contribution >= 4 is 24.8 Å². The van der Waals surface area contributed by atoms with E-state index in [1.165, 1.54) is 44.3 Å². The highest BCUT2D eigenvalue weighted by Gasteiger charge is 2.29. The van der Waals surface area contributed by atoms with Crippen LogP contribution in [0.2, 0.25) is 0 Å². The number of hydrogen-bond acceptors (Lipinski definition) is 2. The van der Waals surface area contributed by atoms with Gasteiger partial charge in [0, 0.05) is 31.2 Å². The topological polar surface area (TPSA) is 16.1 Å². The maximum absolute atomic E-state index is 4.19. The average Bonchev–Trinajstić information content (AvgIpc) is 2.47. The Morgan fingerprint density at radius 1 is 1.30 bits per heavy atom. The zero-order valence-corrected chi connectivity index (χ0v) is 13.7. The molecule has 1 aromatic heterocycles. The lowest BCUT2D eigenvalue weighted by molar-refractivity contribution is 0.157. The molecule has 0 unspecified atom stereocenters. The van der Waals surface area contributed by atoms with Crippen molar-refractivity contribution < 1.29 is 0 Å². The maximum atomic E-state index is 4.19. The van der Waals surface area contributed by atoms with E-state index in [2.05, 4.69) is 22.9 Å². The van der Waals surface area contributed by atoms with Crippen molar-refractivity contribution in [1.29, 1.82) is 0 Å². The molecule has 2 bridgehead atoms. The predicted molar refractivity (Wildman–Crippen MR) is 88.7 cm³/mol. The summed E-state index contributed by atoms with van der Waals surface area (Å²) < 4.78 is 0. The standard InChI is InChI=1S/C16H22N2.2ClH/c1-13(4-5-15-3-2-8-17-12-15)16-11-14-6-9-18(16)10-7-14;;/h2-3,8,12,14H,4-7,9-11H2,1H3;2*1H. The van der Waals surface area contributed by atoms with Crippen LogP contribution < -0.4 is 0 Å². The normalized spacial score (nSPS) is 20.1. The Labute approximate surface area is 134 Å². The zero-order chi connectivity index (χ0) is 12.4. The molecule has 0 radical (unpaired) electrons. The highest BCUT2D eigenvalue weighted by Crippen LogP contribution is 2.36. The minimum absolute atomic E-state index is 0. The van der Waals surface area contributed by atoms with Crippen LogP contribution in [0.1, 0.15) is 38.2 Å². The number of allylic oxidation sites excluding steroid dienone is 2. The Kier molecular flexibility index (Phi) is 6.84. The quantitative estimate of drug-likeness (QED) is 0.829. The number of pyridine rings is 1. The Morgan fingerprint density at radius 3 is 2.60 bits per heavy atom. The Hall–Kier alpha value is -0.730. The summed E-state index contributed by atoms with van der Waals surface area (Å²) in [5, 5.41) is 0. The second-order valence-electron chi connectivity index (χ2n) is 5.72. The molecule has 0 aromatic carbocycles. The highest BCUT2D eigenvalue weighted by molar-refractivity contribution is 5.85. The minimum atomic E-state index is 0. The number of halogens is 2. The molecule has 0 amide bonds. The molecule has 4 heteroatoms. The second kappa shape index (κ2) is 7.90. The van der Waals surface area contributed by atoms with Gasteiger partial charge in [0.25, 0.3) is 0 Å². The van der Waals surface area contributed by atoms with E-state index in [-0.39, 0.29) is 24.8 Å². The fraction of sp³-hybridized carbons (Fsp3) is 0.562. The Morgan fingerprint density at radius 2 is 2.05 bits per heavy atom. The van der Waals surface area contributed by atoms with Crippen LogP contribution in [-0.2, 0) is 6.42 Å². The van der Waals surface area contributed by atoms with Gasteiger partial charge in [-0.15, -0.1) is 24.8 Å². The minimum Gasteiger partial charge on any atom is -0.375 e. The summed E-state index contributed by atoms with van der Waals surface area (Å²) in [5.41, 5.74) is 4.61. The van der Waals surface area contributed by atoms with Gasteiger partial charge in [-0.1, -0.05) is 11.6 Å². The lowest BCUT2D eigenvalue weighted by Crippen LogP contribution is -2.40. The maximum Gasteiger partial charge on any atom is 0.0299 e. The van der Waals surface area contributed by atoms with Crippen molar-refractivity contribution in [3.05, 3.63) is 41.4 Å². The molecular weight excluding hydrogens is 291 g/mol. The van der Waals surface area contributed by atoms with Crippen molar-refractivity contribution in [2.45, 2.75) is 39.0 Å². The average molecular weight is 315 g/mol. The summed E-state index contributed by atoms with van der Waals surface area (Å²) in [6, 6.07) is 4.21. The van der Waals surface area contributed by atoms with Crippen LogP contribution in [0, 0.1) is 5.92 Å². The first-order valence-corrected chi connectivity index (χ1v) is 7.15. The molecule has 1 aromatic rings. The van der Waals surface area contributed by atoms with Crippen LogP contribution in [0.25, 0.3) is 0 Å². The molecule has 0 aliphatic carbocycles. The van der Waals surface area contributed by atoms with Crippen molar-refractivity contribution in [1.82, 2.24) is 9.88 Å². The number of aromatic nitrogens is 1. The van der Waals surface area contributed by atoms with Crippen molar-refractivity contribution in [2.24, 2.45) is 5.92 Å². The SMILES string of the molecule is CC(CCc1cccnc1)=C1CC2CCN1CC2.Cl.Cl. The molecule has 3 fully saturated rings. The lowest BCUT2D eigenvalue weighted by Gasteiger charge is -2.43. The summed E-state index contributed by atoms with van der Waals surface area (Å²) in [7, 11) is 0. The molecule has 3 aliphatic heterocycles. The van der Waals surface area contributed by atoms with Gasteiger partial charge < -0.3 is 4.90 Å². The van der Waals surface area contributed by atoms with Gasteiger partial charge in [0.15, 0.2) is 0 Å². The van der Waals surface area contributed by atoms with Crippen molar-refractivity contribution in [3.8, 4) is 0 Å². The van der Waals surface area contributed by atoms with Crippen LogP contribution in [-0.4, -0.2) is 23.0 Å². The van der Waals surface area contributed by atoms with Gasteiger partial charge in [-0.25, -0.2) is 0 Å². The van der Waals surface area contributed by atoms with E-state index in [0.29, 0.717) is 0 Å². The number of hydrogen-bond donors (Lipinski definition) is 0. The first-order chi connectivity index (χ1) is 8.83. The molecule has 4 rings (SSSR count). The third-order valence-electron chi connectivity index (χ3n) is 4.48. The number of aryl methyl sites for hydroxylation is 1. The lowest BCUT2D eigenvalue weighted by atomic mass is 9.84. The fourth-order valence-corrected chi connectivity index (χ4v) is 3.28. The number of piperidine rings is 3. The zero-order valence-electron chi connectivity index (χ0n) is 12.0. The molecule has 3 aliphatic rings. The molecule has 0 N–H and O–H groups in total. The van der Waals surface area contributed by atoms with Crippen LogP contribution in [0.15, 0.2) is 35.8 Å². The molecule has 0 saturated carbocycles. The third kappa shape index (κ3) is 3.89. The van der Waals surface area contributed by atoms with E-state index in [1.54, 1.807) is 11.3 Å². The number of nitrogens with zero attached hydrogens (tertiary/aromatic N) is 2. The predicted octanol–water partition coefficient (Wildman–Crippen LogP) is 4.25. The van der Waals surface area contributed by atoms with E-state index in [4.69, 9.17) is 0 Å². The van der Waals surface area contributed by atoms with E-state index in [9.17, 15) is 0 Å². The van der Waals surface area contributed by atoms with Gasteiger partial charge in [0.05, 0.1) is 0 Å². The summed E-state index contributed by atoms with van der Waals surface area (Å²) in [6.07, 6.45) is 10.3. The van der Waals surface area contributed by atoms with E-state index >= 15 is 0 Å². The van der Waals surface area contributed by atoms with Gasteiger partial charge in [0.1, 0.15) is 0 Å². The van der Waals surface area contributed by atoms with Gasteiger partial charge >= 0.3 is 0 Å². The van der Waals surface area contributed by atoms with Crippen LogP contribution in [0.4, 0.5) is 0 Å². The van der Waals surface area contributed by atoms with E-state index in [1.807, 2.05) is 18.5 Å². The largest absolute Gasteiger partial charge is 0.375 e. The Bertz CT molecular complexity index is 437. The van der Waals surface area contributed by atoms with E-state index in [0.717, 1.165) is 12.3 Å². The number of fused-ring (bicyclic) bond motifs is 3. The van der Waals surface area contributed by atoms with Gasteiger partial charge in [0.2, 0.25) is 0 Å². The van der Waals surface area contributed by atoms with Crippen molar-refractivity contribution in [2.75, 3.05) is 13.1 Å². The van der Waals surface area contributed by atoms with Crippen LogP contribution in [0.5, 0.6) is 0 Å². The highest BCUT2D eigenvalue weighted by atomic mass is 35.5. The van der Waals surface area contributed by atoms with E-state index < -0.39 is 0 Å². The first-order valence-electron chi connectivity index (χ1n) is 7.15. The smallest absolute Gasteiger partial charge is 0.0299 e. The van der Waals surface area contributed by atoms with Crippen LogP contribution in [0.3, 0.4) is 0 Å². The molecule has 20 heavy (non-hydrogen) atoms. The molecule has 2 nitrogen and oxygen atoms in total. The monoisotopic (exact) mass is 314 g/mol. The second-order valence-corrected chi connectivity index (χ2v) is 5.72. The van der Waals surface area contributed by atoms with Gasteiger partial charge in [-0.2, -0.15) is 0 Å². The molecule has 0 atom stereocenters. The molecule has 112 valence electrons. The summed E-state index contributed by atoms with van der Waals surface area (Å²) in [4.78, 5) is 6.81. The first kappa shape index (κ1) is 17.3. The van der Waals surface area contributed by atoms with Gasteiger partial charge in [-0.05, 0) is 56.6 Å². The number of rotatable bonds is 3. The molecule has 0 spiro atoms. The molecular formula is C16H24Cl2N2. The van der Waals surface area contributed by atoms with Crippen LogP contribution >= 0.6 is 24.8 Å². The van der Waals surface area contributed by atoms with Crippen molar-refractivity contribution in [3.63, 3.8) is 0 Å². The summed E-state index contributed by atoms with van der Waals surface area (Å²) in [6.45, 7) is 4.92. The third-order valence-corrected chi connectivity index (χ3v) is 4.48. The fourth-order valence-electron chi connectivity index (χ4n) is 3.28. The molecule has 4 heterocycles. The van der Waals surface area contributed by atoms with Gasteiger partial charge in [-0.3, -0.25) is 4.98 Å².